The molecule has 0 saturated carbocycles. The summed E-state index contributed by atoms with van der Waals surface area (Å²) in [6, 6.07) is 13.0. The number of fused-ring (bicyclic) bond motifs is 1. The molecule has 0 aliphatic carbocycles. The topological polar surface area (TPSA) is 65.2 Å². The van der Waals surface area contributed by atoms with E-state index in [1.54, 1.807) is 37.4 Å². The third-order valence-corrected chi connectivity index (χ3v) is 3.42. The molecule has 1 heterocycles. The zero-order chi connectivity index (χ0) is 15.7. The van der Waals surface area contributed by atoms with E-state index in [0.717, 1.165) is 16.5 Å². The van der Waals surface area contributed by atoms with Crippen molar-refractivity contribution in [2.24, 2.45) is 5.73 Å². The van der Waals surface area contributed by atoms with Crippen LogP contribution in [0.4, 0.5) is 4.39 Å². The first-order chi connectivity index (χ1) is 10.6. The highest BCUT2D eigenvalue weighted by molar-refractivity contribution is 6.01. The molecule has 22 heavy (non-hydrogen) atoms. The van der Waals surface area contributed by atoms with E-state index in [9.17, 15) is 9.18 Å². The van der Waals surface area contributed by atoms with Crippen LogP contribution in [0.1, 0.15) is 10.5 Å². The van der Waals surface area contributed by atoms with E-state index in [0.29, 0.717) is 11.3 Å². The molecule has 0 aliphatic rings. The Balaban J connectivity index is 2.31. The second-order valence-corrected chi connectivity index (χ2v) is 4.81. The number of hydrogen-bond acceptors (Lipinski definition) is 3. The summed E-state index contributed by atoms with van der Waals surface area (Å²) < 4.78 is 18.3. The summed E-state index contributed by atoms with van der Waals surface area (Å²) in [5, 5.41) is 0.831. The van der Waals surface area contributed by atoms with Gasteiger partial charge in [-0.3, -0.25) is 4.79 Å². The predicted molar refractivity (Wildman–Crippen MR) is 82.2 cm³/mol. The van der Waals surface area contributed by atoms with Crippen LogP contribution in [0, 0.1) is 5.82 Å². The van der Waals surface area contributed by atoms with Crippen LogP contribution < -0.4 is 10.5 Å². The molecular weight excluding hydrogens is 283 g/mol. The van der Waals surface area contributed by atoms with Crippen molar-refractivity contribution in [3.05, 3.63) is 60.0 Å². The number of benzene rings is 2. The Hall–Kier alpha value is -2.95. The third-order valence-electron chi connectivity index (χ3n) is 3.42. The van der Waals surface area contributed by atoms with Gasteiger partial charge in [0.2, 0.25) is 0 Å². The molecule has 2 aromatic carbocycles. The molecule has 5 heteroatoms. The van der Waals surface area contributed by atoms with Gasteiger partial charge in [-0.1, -0.05) is 12.1 Å². The maximum absolute atomic E-state index is 13.1. The fourth-order valence-electron chi connectivity index (χ4n) is 2.33. The molecule has 0 radical (unpaired) electrons. The van der Waals surface area contributed by atoms with Crippen LogP contribution in [0.5, 0.6) is 5.75 Å². The van der Waals surface area contributed by atoms with Crippen LogP contribution in [0.15, 0.2) is 48.5 Å². The number of hydrogen-bond donors (Lipinski definition) is 1. The lowest BCUT2D eigenvalue weighted by atomic mass is 10.00. The molecule has 0 spiro atoms. The average Bonchev–Trinajstić information content (AvgIpc) is 2.54. The summed E-state index contributed by atoms with van der Waals surface area (Å²) in [6.45, 7) is 0. The van der Waals surface area contributed by atoms with Crippen molar-refractivity contribution < 1.29 is 13.9 Å². The SMILES string of the molecule is COc1ccc2c(-c3ccc(F)cc3)cc(C(N)=O)nc2c1. The molecular formula is C17H13FN2O2. The van der Waals surface area contributed by atoms with Crippen LogP contribution in [0.3, 0.4) is 0 Å². The molecule has 1 aromatic heterocycles. The fourth-order valence-corrected chi connectivity index (χ4v) is 2.33. The molecule has 0 atom stereocenters. The number of nitrogens with zero attached hydrogens (tertiary/aromatic N) is 1. The number of nitrogens with two attached hydrogens (primary N) is 1. The summed E-state index contributed by atoms with van der Waals surface area (Å²) >= 11 is 0. The Kier molecular flexibility index (Phi) is 3.47. The molecule has 1 amide bonds. The third kappa shape index (κ3) is 2.48. The number of aromatic nitrogens is 1. The largest absolute Gasteiger partial charge is 0.497 e. The average molecular weight is 296 g/mol. The van der Waals surface area contributed by atoms with E-state index in [-0.39, 0.29) is 11.5 Å². The first kappa shape index (κ1) is 14.0. The van der Waals surface area contributed by atoms with Crippen LogP contribution in [-0.2, 0) is 0 Å². The van der Waals surface area contributed by atoms with Crippen molar-refractivity contribution in [2.45, 2.75) is 0 Å². The zero-order valence-electron chi connectivity index (χ0n) is 11.8. The highest BCUT2D eigenvalue weighted by Gasteiger charge is 2.12. The van der Waals surface area contributed by atoms with Crippen molar-refractivity contribution >= 4 is 16.8 Å². The van der Waals surface area contributed by atoms with Gasteiger partial charge in [-0.15, -0.1) is 0 Å². The quantitative estimate of drug-likeness (QED) is 0.807. The van der Waals surface area contributed by atoms with Crippen molar-refractivity contribution in [1.82, 2.24) is 4.98 Å². The number of rotatable bonds is 3. The van der Waals surface area contributed by atoms with Crippen LogP contribution in [0.2, 0.25) is 0 Å². The Labute approximate surface area is 126 Å². The zero-order valence-corrected chi connectivity index (χ0v) is 11.8. The molecule has 4 nitrogen and oxygen atoms in total. The molecule has 2 N–H and O–H groups in total. The lowest BCUT2D eigenvalue weighted by molar-refractivity contribution is 0.0996. The van der Waals surface area contributed by atoms with Gasteiger partial charge in [-0.05, 0) is 41.5 Å². The minimum absolute atomic E-state index is 0.153. The van der Waals surface area contributed by atoms with E-state index in [4.69, 9.17) is 10.5 Å². The van der Waals surface area contributed by atoms with Gasteiger partial charge in [0.15, 0.2) is 0 Å². The van der Waals surface area contributed by atoms with Crippen molar-refractivity contribution in [2.75, 3.05) is 7.11 Å². The second-order valence-electron chi connectivity index (χ2n) is 4.81. The lowest BCUT2D eigenvalue weighted by Crippen LogP contribution is -2.13. The Morgan fingerprint density at radius 1 is 1.14 bits per heavy atom. The highest BCUT2D eigenvalue weighted by atomic mass is 19.1. The molecule has 0 unspecified atom stereocenters. The summed E-state index contributed by atoms with van der Waals surface area (Å²) in [6.07, 6.45) is 0. The first-order valence-electron chi connectivity index (χ1n) is 6.63. The molecule has 0 aliphatic heterocycles. The van der Waals surface area contributed by atoms with Gasteiger partial charge < -0.3 is 10.5 Å². The van der Waals surface area contributed by atoms with Gasteiger partial charge in [0.25, 0.3) is 5.91 Å². The number of ether oxygens (including phenoxy) is 1. The van der Waals surface area contributed by atoms with Crippen LogP contribution in [-0.4, -0.2) is 18.0 Å². The molecule has 3 rings (SSSR count). The number of carbonyl (C=O) groups is 1. The summed E-state index contributed by atoms with van der Waals surface area (Å²) in [7, 11) is 1.56. The normalized spacial score (nSPS) is 10.6. The van der Waals surface area contributed by atoms with E-state index in [1.165, 1.54) is 12.1 Å². The molecule has 0 fully saturated rings. The van der Waals surface area contributed by atoms with Gasteiger partial charge in [-0.2, -0.15) is 0 Å². The number of primary amides is 1. The number of carbonyl (C=O) groups excluding carboxylic acids is 1. The monoisotopic (exact) mass is 296 g/mol. The summed E-state index contributed by atoms with van der Waals surface area (Å²) in [5.74, 6) is -0.307. The summed E-state index contributed by atoms with van der Waals surface area (Å²) in [4.78, 5) is 15.8. The van der Waals surface area contributed by atoms with Gasteiger partial charge >= 0.3 is 0 Å². The highest BCUT2D eigenvalue weighted by Crippen LogP contribution is 2.30. The molecule has 0 saturated heterocycles. The maximum atomic E-state index is 13.1. The maximum Gasteiger partial charge on any atom is 0.267 e. The smallest absolute Gasteiger partial charge is 0.267 e. The van der Waals surface area contributed by atoms with E-state index < -0.39 is 5.91 Å². The van der Waals surface area contributed by atoms with Gasteiger partial charge in [0.05, 0.1) is 12.6 Å². The number of pyridine rings is 1. The fraction of sp³-hybridized carbons (Fsp3) is 0.0588. The van der Waals surface area contributed by atoms with Gasteiger partial charge in [0.1, 0.15) is 17.3 Å². The van der Waals surface area contributed by atoms with Crippen LogP contribution >= 0.6 is 0 Å². The predicted octanol–water partition coefficient (Wildman–Crippen LogP) is 3.15. The van der Waals surface area contributed by atoms with Gasteiger partial charge in [-0.25, -0.2) is 9.37 Å². The molecule has 110 valence electrons. The minimum Gasteiger partial charge on any atom is -0.497 e. The van der Waals surface area contributed by atoms with Crippen LogP contribution in [0.25, 0.3) is 22.0 Å². The van der Waals surface area contributed by atoms with Crippen molar-refractivity contribution in [1.29, 1.82) is 0 Å². The van der Waals surface area contributed by atoms with Crippen molar-refractivity contribution in [3.63, 3.8) is 0 Å². The Morgan fingerprint density at radius 3 is 2.50 bits per heavy atom. The van der Waals surface area contributed by atoms with Gasteiger partial charge in [0, 0.05) is 11.5 Å². The second kappa shape index (κ2) is 5.44. The Morgan fingerprint density at radius 2 is 1.86 bits per heavy atom. The standard InChI is InChI=1S/C17H13FN2O2/c1-22-12-6-7-13-14(10-2-4-11(18)5-3-10)9-16(17(19)21)20-15(13)8-12/h2-9H,1H3,(H2,19,21). The summed E-state index contributed by atoms with van der Waals surface area (Å²) in [5.41, 5.74) is 7.64. The van der Waals surface area contributed by atoms with E-state index in [2.05, 4.69) is 4.98 Å². The van der Waals surface area contributed by atoms with E-state index in [1.807, 2.05) is 6.07 Å². The number of methoxy groups -OCH3 is 1. The van der Waals surface area contributed by atoms with Crippen molar-refractivity contribution in [3.8, 4) is 16.9 Å². The van der Waals surface area contributed by atoms with E-state index >= 15 is 0 Å². The molecule has 3 aromatic rings. The lowest BCUT2D eigenvalue weighted by Gasteiger charge is -2.10. The minimum atomic E-state index is -0.618. The molecule has 0 bridgehead atoms. The number of amides is 1. The first-order valence-corrected chi connectivity index (χ1v) is 6.63. The Bertz CT molecular complexity index is 860. The number of halogens is 1.